The number of likely N-dealkylation sites (tertiary alicyclic amines) is 2. The van der Waals surface area contributed by atoms with Crippen molar-refractivity contribution >= 4 is 12.0 Å². The summed E-state index contributed by atoms with van der Waals surface area (Å²) in [7, 11) is 0. The minimum atomic E-state index is -0.297. The van der Waals surface area contributed by atoms with Gasteiger partial charge in [-0.2, -0.15) is 5.26 Å². The Morgan fingerprint density at radius 2 is 1.82 bits per heavy atom. The van der Waals surface area contributed by atoms with E-state index in [1.165, 1.54) is 11.1 Å². The molecule has 40 heavy (non-hydrogen) atoms. The largest absolute Gasteiger partial charge is 0.474 e. The predicted octanol–water partition coefficient (Wildman–Crippen LogP) is 4.30. The second-order valence-electron chi connectivity index (χ2n) is 11.4. The van der Waals surface area contributed by atoms with Gasteiger partial charge in [-0.25, -0.2) is 9.78 Å². The van der Waals surface area contributed by atoms with Gasteiger partial charge in [0.15, 0.2) is 0 Å². The summed E-state index contributed by atoms with van der Waals surface area (Å²) >= 11 is 0. The van der Waals surface area contributed by atoms with Crippen LogP contribution in [-0.4, -0.2) is 70.7 Å². The Bertz CT molecular complexity index is 1250. The van der Waals surface area contributed by atoms with E-state index >= 15 is 0 Å². The van der Waals surface area contributed by atoms with E-state index in [1.807, 2.05) is 32.2 Å². The third kappa shape index (κ3) is 6.23. The van der Waals surface area contributed by atoms with E-state index in [4.69, 9.17) is 9.47 Å². The lowest BCUT2D eigenvalue weighted by Crippen LogP contribution is -2.50. The molecule has 1 N–H and O–H groups in total. The fourth-order valence-corrected chi connectivity index (χ4v) is 5.97. The van der Waals surface area contributed by atoms with Gasteiger partial charge in [-0.15, -0.1) is 0 Å². The van der Waals surface area contributed by atoms with Crippen molar-refractivity contribution in [1.29, 1.82) is 5.26 Å². The lowest BCUT2D eigenvalue weighted by Gasteiger charge is -2.34. The van der Waals surface area contributed by atoms with Gasteiger partial charge in [-0.05, 0) is 87.6 Å². The number of fused-ring (bicyclic) bond motifs is 1. The summed E-state index contributed by atoms with van der Waals surface area (Å²) in [6.45, 7) is 8.44. The number of piperidine rings is 1. The summed E-state index contributed by atoms with van der Waals surface area (Å²) in [5.41, 5.74) is 4.42. The van der Waals surface area contributed by atoms with Crippen molar-refractivity contribution in [3.63, 3.8) is 0 Å². The van der Waals surface area contributed by atoms with Gasteiger partial charge in [0.1, 0.15) is 12.1 Å². The van der Waals surface area contributed by atoms with Gasteiger partial charge < -0.3 is 24.6 Å². The SMILES string of the molecule is CC(C)OC(=O)N1CCC([C@@H](C)Oc2ccc(-c3ccc4c(c3)CNC(C(=O)N3CCCC3C#N)C4)cn2)CC1. The highest BCUT2D eigenvalue weighted by Gasteiger charge is 2.34. The first-order chi connectivity index (χ1) is 19.3. The number of amides is 2. The van der Waals surface area contributed by atoms with E-state index in [-0.39, 0.29) is 36.3 Å². The first-order valence-corrected chi connectivity index (χ1v) is 14.5. The Morgan fingerprint density at radius 3 is 2.52 bits per heavy atom. The number of rotatable bonds is 6. The van der Waals surface area contributed by atoms with Crippen LogP contribution in [0, 0.1) is 17.2 Å². The fourth-order valence-electron chi connectivity index (χ4n) is 5.97. The predicted molar refractivity (Wildman–Crippen MR) is 150 cm³/mol. The number of aromatic nitrogens is 1. The molecule has 0 bridgehead atoms. The smallest absolute Gasteiger partial charge is 0.410 e. The van der Waals surface area contributed by atoms with Crippen LogP contribution in [0.4, 0.5) is 4.79 Å². The second-order valence-corrected chi connectivity index (χ2v) is 11.4. The summed E-state index contributed by atoms with van der Waals surface area (Å²) in [6, 6.07) is 12.0. The zero-order chi connectivity index (χ0) is 28.2. The van der Waals surface area contributed by atoms with Crippen LogP contribution >= 0.6 is 0 Å². The lowest BCUT2D eigenvalue weighted by atomic mass is 9.92. The number of hydrogen-bond acceptors (Lipinski definition) is 7. The van der Waals surface area contributed by atoms with E-state index in [2.05, 4.69) is 41.5 Å². The Kier molecular flexibility index (Phi) is 8.55. The van der Waals surface area contributed by atoms with Crippen molar-refractivity contribution in [1.82, 2.24) is 20.1 Å². The summed E-state index contributed by atoms with van der Waals surface area (Å²) in [4.78, 5) is 33.3. The van der Waals surface area contributed by atoms with Crippen LogP contribution in [0.3, 0.4) is 0 Å². The molecular weight excluding hydrogens is 506 g/mol. The first-order valence-electron chi connectivity index (χ1n) is 14.5. The monoisotopic (exact) mass is 545 g/mol. The Balaban J connectivity index is 1.15. The van der Waals surface area contributed by atoms with Gasteiger partial charge in [0.05, 0.1) is 18.2 Å². The zero-order valence-corrected chi connectivity index (χ0v) is 23.6. The number of benzene rings is 1. The van der Waals surface area contributed by atoms with Crippen LogP contribution in [0.5, 0.6) is 5.88 Å². The molecule has 2 amide bonds. The average molecular weight is 546 g/mol. The highest BCUT2D eigenvalue weighted by Crippen LogP contribution is 2.29. The van der Waals surface area contributed by atoms with Crippen molar-refractivity contribution in [2.24, 2.45) is 5.92 Å². The van der Waals surface area contributed by atoms with Crippen LogP contribution in [0.2, 0.25) is 0 Å². The number of carbonyl (C=O) groups is 2. The van der Waals surface area contributed by atoms with Crippen molar-refractivity contribution in [2.45, 2.75) is 83.7 Å². The molecule has 212 valence electrons. The van der Waals surface area contributed by atoms with Gasteiger partial charge in [-0.3, -0.25) is 4.79 Å². The maximum absolute atomic E-state index is 13.0. The van der Waals surface area contributed by atoms with E-state index in [0.29, 0.717) is 44.4 Å². The molecule has 3 atom stereocenters. The standard InChI is InChI=1S/C31H39N5O4/c1-20(2)39-31(38)35-13-10-22(11-14-35)21(3)40-29-9-8-25(18-34-29)23-6-7-24-16-28(33-19-26(24)15-23)30(37)36-12-4-5-27(36)17-32/h6-9,15,18,20-22,27-28,33H,4-5,10-14,16,19H2,1-3H3/t21-,27?,28?/m1/s1. The fraction of sp³-hybridized carbons (Fsp3) is 0.548. The molecule has 4 heterocycles. The van der Waals surface area contributed by atoms with Crippen LogP contribution in [0.25, 0.3) is 11.1 Å². The Morgan fingerprint density at radius 1 is 1.05 bits per heavy atom. The van der Waals surface area contributed by atoms with Gasteiger partial charge >= 0.3 is 6.09 Å². The van der Waals surface area contributed by atoms with Gasteiger partial charge in [0.25, 0.3) is 0 Å². The number of pyridine rings is 1. The lowest BCUT2D eigenvalue weighted by molar-refractivity contribution is -0.133. The highest BCUT2D eigenvalue weighted by molar-refractivity contribution is 5.83. The summed E-state index contributed by atoms with van der Waals surface area (Å²) in [5.74, 6) is 0.980. The summed E-state index contributed by atoms with van der Waals surface area (Å²) in [6.07, 6.45) is 5.53. The molecule has 0 spiro atoms. The number of ether oxygens (including phenoxy) is 2. The number of nitrogens with one attached hydrogen (secondary N) is 1. The molecule has 5 rings (SSSR count). The van der Waals surface area contributed by atoms with Crippen molar-refractivity contribution in [3.8, 4) is 23.1 Å². The third-order valence-electron chi connectivity index (χ3n) is 8.33. The van der Waals surface area contributed by atoms with Crippen LogP contribution in [0.15, 0.2) is 36.5 Å². The van der Waals surface area contributed by atoms with Gasteiger partial charge in [-0.1, -0.05) is 12.1 Å². The summed E-state index contributed by atoms with van der Waals surface area (Å²) in [5, 5.41) is 12.7. The van der Waals surface area contributed by atoms with Crippen molar-refractivity contribution < 1.29 is 19.1 Å². The van der Waals surface area contributed by atoms with Crippen molar-refractivity contribution in [3.05, 3.63) is 47.7 Å². The molecular formula is C31H39N5O4. The van der Waals surface area contributed by atoms with E-state index in [1.54, 1.807) is 9.80 Å². The molecule has 2 unspecified atom stereocenters. The molecule has 1 aromatic carbocycles. The van der Waals surface area contributed by atoms with Gasteiger partial charge in [0, 0.05) is 44.0 Å². The molecule has 9 heteroatoms. The maximum atomic E-state index is 13.0. The summed E-state index contributed by atoms with van der Waals surface area (Å²) < 4.78 is 11.5. The number of carbonyl (C=O) groups excluding carboxylic acids is 2. The molecule has 0 aliphatic carbocycles. The van der Waals surface area contributed by atoms with Gasteiger partial charge in [0.2, 0.25) is 11.8 Å². The number of hydrogen-bond donors (Lipinski definition) is 1. The molecule has 9 nitrogen and oxygen atoms in total. The molecule has 3 aliphatic rings. The van der Waals surface area contributed by atoms with Crippen LogP contribution < -0.4 is 10.1 Å². The van der Waals surface area contributed by atoms with E-state index in [9.17, 15) is 14.9 Å². The molecule has 1 aromatic heterocycles. The minimum Gasteiger partial charge on any atom is -0.474 e. The van der Waals surface area contributed by atoms with E-state index < -0.39 is 0 Å². The quantitative estimate of drug-likeness (QED) is 0.577. The maximum Gasteiger partial charge on any atom is 0.410 e. The normalized spacial score (nSPS) is 22.0. The first kappa shape index (κ1) is 27.9. The Hall–Kier alpha value is -3.64. The number of nitriles is 1. The van der Waals surface area contributed by atoms with Crippen LogP contribution in [0.1, 0.15) is 57.6 Å². The molecule has 3 aliphatic heterocycles. The average Bonchev–Trinajstić information content (AvgIpc) is 3.45. The zero-order valence-electron chi connectivity index (χ0n) is 23.6. The molecule has 0 saturated carbocycles. The Labute approximate surface area is 236 Å². The van der Waals surface area contributed by atoms with Crippen molar-refractivity contribution in [2.75, 3.05) is 19.6 Å². The highest BCUT2D eigenvalue weighted by atomic mass is 16.6. The third-order valence-corrected chi connectivity index (χ3v) is 8.33. The topological polar surface area (TPSA) is 108 Å². The van der Waals surface area contributed by atoms with E-state index in [0.717, 1.165) is 36.8 Å². The molecule has 0 radical (unpaired) electrons. The molecule has 2 saturated heterocycles. The minimum absolute atomic E-state index is 0.00362. The number of nitrogens with zero attached hydrogens (tertiary/aromatic N) is 4. The molecule has 2 fully saturated rings. The van der Waals surface area contributed by atoms with Crippen LogP contribution in [-0.2, 0) is 22.5 Å². The molecule has 2 aromatic rings. The second kappa shape index (κ2) is 12.3.